The number of carbonyl (C=O) groups is 1. The van der Waals surface area contributed by atoms with Gasteiger partial charge in [0.1, 0.15) is 0 Å². The van der Waals surface area contributed by atoms with Crippen LogP contribution in [0.3, 0.4) is 0 Å². The van der Waals surface area contributed by atoms with Crippen LogP contribution in [-0.2, 0) is 21.2 Å². The van der Waals surface area contributed by atoms with E-state index >= 15 is 0 Å². The van der Waals surface area contributed by atoms with Crippen LogP contribution in [0.15, 0.2) is 17.5 Å². The van der Waals surface area contributed by atoms with Gasteiger partial charge in [0.25, 0.3) is 0 Å². The normalized spacial score (nSPS) is 27.3. The summed E-state index contributed by atoms with van der Waals surface area (Å²) in [7, 11) is -3.07. The van der Waals surface area contributed by atoms with Crippen molar-refractivity contribution in [3.05, 3.63) is 22.4 Å². The van der Waals surface area contributed by atoms with Crippen molar-refractivity contribution < 1.29 is 13.2 Å². The Kier molecular flexibility index (Phi) is 4.80. The van der Waals surface area contributed by atoms with Crippen LogP contribution in [-0.4, -0.2) is 60.8 Å². The maximum absolute atomic E-state index is 12.5. The first-order valence-corrected chi connectivity index (χ1v) is 10.8. The molecule has 1 aromatic heterocycles. The second-order valence-electron chi connectivity index (χ2n) is 6.95. The standard InChI is InChI=1S/C16H24N2O3S2/c1-12(2)8-16(19)18-6-5-17(9-13-4-3-7-22-13)14-10-23(20,21)11-15(14)18/h3-4,7,12,14-15H,5-6,8-11H2,1-2H3/t14-,15+/m0/s1. The van der Waals surface area contributed by atoms with E-state index in [0.717, 1.165) is 13.1 Å². The molecular weight excluding hydrogens is 332 g/mol. The Morgan fingerprint density at radius 1 is 1.30 bits per heavy atom. The Morgan fingerprint density at radius 3 is 2.70 bits per heavy atom. The highest BCUT2D eigenvalue weighted by Gasteiger charge is 2.47. The summed E-state index contributed by atoms with van der Waals surface area (Å²) in [4.78, 5) is 17.8. The minimum Gasteiger partial charge on any atom is -0.336 e. The van der Waals surface area contributed by atoms with Crippen molar-refractivity contribution in [1.82, 2.24) is 9.80 Å². The molecule has 2 atom stereocenters. The van der Waals surface area contributed by atoms with Crippen LogP contribution in [0.1, 0.15) is 25.1 Å². The smallest absolute Gasteiger partial charge is 0.223 e. The molecule has 23 heavy (non-hydrogen) atoms. The first kappa shape index (κ1) is 16.9. The molecule has 1 amide bonds. The summed E-state index contributed by atoms with van der Waals surface area (Å²) in [5.74, 6) is 0.683. The maximum atomic E-state index is 12.5. The summed E-state index contributed by atoms with van der Waals surface area (Å²) in [5, 5.41) is 2.04. The molecule has 0 spiro atoms. The van der Waals surface area contributed by atoms with Crippen LogP contribution in [0.2, 0.25) is 0 Å². The minimum atomic E-state index is -3.07. The highest BCUT2D eigenvalue weighted by atomic mass is 32.2. The Hall–Kier alpha value is -0.920. The SMILES string of the molecule is CC(C)CC(=O)N1CCN(Cc2cccs2)[C@H]2CS(=O)(=O)C[C@H]21. The molecule has 3 rings (SSSR count). The minimum absolute atomic E-state index is 0.0630. The third kappa shape index (κ3) is 3.78. The van der Waals surface area contributed by atoms with Crippen LogP contribution in [0.25, 0.3) is 0 Å². The summed E-state index contributed by atoms with van der Waals surface area (Å²) in [6.07, 6.45) is 0.494. The number of nitrogens with zero attached hydrogens (tertiary/aromatic N) is 2. The van der Waals surface area contributed by atoms with E-state index < -0.39 is 9.84 Å². The topological polar surface area (TPSA) is 57.7 Å². The molecule has 5 nitrogen and oxygen atoms in total. The number of rotatable bonds is 4. The summed E-state index contributed by atoms with van der Waals surface area (Å²) in [5.41, 5.74) is 0. The van der Waals surface area contributed by atoms with Crippen LogP contribution in [0.4, 0.5) is 0 Å². The zero-order chi connectivity index (χ0) is 16.6. The van der Waals surface area contributed by atoms with Crippen LogP contribution in [0.5, 0.6) is 0 Å². The molecule has 0 bridgehead atoms. The third-order valence-electron chi connectivity index (χ3n) is 4.63. The van der Waals surface area contributed by atoms with Gasteiger partial charge in [0, 0.05) is 37.0 Å². The predicted octanol–water partition coefficient (Wildman–Crippen LogP) is 1.60. The molecule has 0 aromatic carbocycles. The van der Waals surface area contributed by atoms with Crippen molar-refractivity contribution in [2.45, 2.75) is 38.9 Å². The second kappa shape index (κ2) is 6.53. The van der Waals surface area contributed by atoms with E-state index in [1.165, 1.54) is 4.88 Å². The summed E-state index contributed by atoms with van der Waals surface area (Å²) >= 11 is 1.69. The molecule has 1 aromatic rings. The molecule has 0 saturated carbocycles. The quantitative estimate of drug-likeness (QED) is 0.822. The maximum Gasteiger partial charge on any atom is 0.223 e. The highest BCUT2D eigenvalue weighted by Crippen LogP contribution is 2.29. The Bertz CT molecular complexity index is 655. The van der Waals surface area contributed by atoms with Gasteiger partial charge in [-0.05, 0) is 17.4 Å². The number of amides is 1. The van der Waals surface area contributed by atoms with Gasteiger partial charge in [0.15, 0.2) is 9.84 Å². The van der Waals surface area contributed by atoms with Gasteiger partial charge in [-0.3, -0.25) is 9.69 Å². The molecule has 7 heteroatoms. The average molecular weight is 357 g/mol. The van der Waals surface area contributed by atoms with Gasteiger partial charge in [-0.2, -0.15) is 0 Å². The lowest BCUT2D eigenvalue weighted by atomic mass is 10.0. The molecule has 2 aliphatic rings. The van der Waals surface area contributed by atoms with Crippen molar-refractivity contribution in [2.75, 3.05) is 24.6 Å². The summed E-state index contributed by atoms with van der Waals surface area (Å²) in [6.45, 7) is 6.20. The molecule has 2 saturated heterocycles. The van der Waals surface area contributed by atoms with Crippen LogP contribution in [0, 0.1) is 5.92 Å². The van der Waals surface area contributed by atoms with E-state index in [1.54, 1.807) is 11.3 Å². The van der Waals surface area contributed by atoms with E-state index in [0.29, 0.717) is 18.9 Å². The van der Waals surface area contributed by atoms with Gasteiger partial charge in [-0.1, -0.05) is 19.9 Å². The Balaban J connectivity index is 1.78. The lowest BCUT2D eigenvalue weighted by Crippen LogP contribution is -2.60. The highest BCUT2D eigenvalue weighted by molar-refractivity contribution is 7.91. The van der Waals surface area contributed by atoms with E-state index in [9.17, 15) is 13.2 Å². The number of piperazine rings is 1. The number of sulfone groups is 1. The molecular formula is C16H24N2O3S2. The van der Waals surface area contributed by atoms with Crippen LogP contribution < -0.4 is 0 Å². The van der Waals surface area contributed by atoms with Gasteiger partial charge in [-0.25, -0.2) is 8.42 Å². The Morgan fingerprint density at radius 2 is 2.04 bits per heavy atom. The fourth-order valence-corrected chi connectivity index (χ4v) is 6.34. The first-order valence-electron chi connectivity index (χ1n) is 8.12. The monoisotopic (exact) mass is 356 g/mol. The fraction of sp³-hybridized carbons (Fsp3) is 0.688. The van der Waals surface area contributed by atoms with Crippen molar-refractivity contribution in [3.63, 3.8) is 0 Å². The molecule has 2 fully saturated rings. The van der Waals surface area contributed by atoms with Gasteiger partial charge in [0.2, 0.25) is 5.91 Å². The zero-order valence-corrected chi connectivity index (χ0v) is 15.3. The summed E-state index contributed by atoms with van der Waals surface area (Å²) in [6, 6.07) is 3.86. The first-order chi connectivity index (χ1) is 10.9. The van der Waals surface area contributed by atoms with Crippen molar-refractivity contribution in [2.24, 2.45) is 5.92 Å². The fourth-order valence-electron chi connectivity index (χ4n) is 3.60. The van der Waals surface area contributed by atoms with E-state index in [2.05, 4.69) is 11.0 Å². The molecule has 0 radical (unpaired) electrons. The van der Waals surface area contributed by atoms with Crippen molar-refractivity contribution >= 4 is 27.1 Å². The molecule has 3 heterocycles. The number of thiophene rings is 1. The van der Waals surface area contributed by atoms with Gasteiger partial charge >= 0.3 is 0 Å². The van der Waals surface area contributed by atoms with E-state index in [1.807, 2.05) is 30.2 Å². The molecule has 0 aliphatic carbocycles. The number of hydrogen-bond acceptors (Lipinski definition) is 5. The average Bonchev–Trinajstić information content (AvgIpc) is 3.04. The number of hydrogen-bond donors (Lipinski definition) is 0. The van der Waals surface area contributed by atoms with Gasteiger partial charge in [0.05, 0.1) is 17.5 Å². The van der Waals surface area contributed by atoms with Crippen LogP contribution >= 0.6 is 11.3 Å². The van der Waals surface area contributed by atoms with Gasteiger partial charge < -0.3 is 4.90 Å². The zero-order valence-electron chi connectivity index (χ0n) is 13.6. The molecule has 0 unspecified atom stereocenters. The third-order valence-corrected chi connectivity index (χ3v) is 7.19. The van der Waals surface area contributed by atoms with E-state index in [-0.39, 0.29) is 29.5 Å². The lowest BCUT2D eigenvalue weighted by molar-refractivity contribution is -0.137. The predicted molar refractivity (Wildman–Crippen MR) is 92.1 cm³/mol. The Labute approximate surface area is 142 Å². The molecule has 128 valence electrons. The van der Waals surface area contributed by atoms with Crippen molar-refractivity contribution in [1.29, 1.82) is 0 Å². The molecule has 2 aliphatic heterocycles. The van der Waals surface area contributed by atoms with Gasteiger partial charge in [-0.15, -0.1) is 11.3 Å². The lowest BCUT2D eigenvalue weighted by Gasteiger charge is -2.44. The van der Waals surface area contributed by atoms with Crippen molar-refractivity contribution in [3.8, 4) is 0 Å². The summed E-state index contributed by atoms with van der Waals surface area (Å²) < 4.78 is 24.3. The second-order valence-corrected chi connectivity index (χ2v) is 10.1. The largest absolute Gasteiger partial charge is 0.336 e. The van der Waals surface area contributed by atoms with E-state index in [4.69, 9.17) is 0 Å². The number of fused-ring (bicyclic) bond motifs is 1. The number of carbonyl (C=O) groups excluding carboxylic acids is 1. The molecule has 0 N–H and O–H groups in total.